The zero-order chi connectivity index (χ0) is 14.9. The highest BCUT2D eigenvalue weighted by Crippen LogP contribution is 2.30. The Morgan fingerprint density at radius 2 is 2.05 bits per heavy atom. The maximum atomic E-state index is 12.4. The van der Waals surface area contributed by atoms with Crippen molar-refractivity contribution < 1.29 is 18.3 Å². The molecule has 0 aromatic carbocycles. The van der Waals surface area contributed by atoms with Crippen molar-refractivity contribution in [3.05, 3.63) is 15.8 Å². The zero-order valence-corrected chi connectivity index (χ0v) is 13.2. The summed E-state index contributed by atoms with van der Waals surface area (Å²) in [6.45, 7) is 3.48. The molecule has 0 amide bonds. The van der Waals surface area contributed by atoms with Crippen LogP contribution >= 0.6 is 11.3 Å². The molecule has 1 atom stereocenters. The molecule has 0 spiro atoms. The van der Waals surface area contributed by atoms with Gasteiger partial charge < -0.3 is 5.11 Å². The molecule has 1 aromatic heterocycles. The van der Waals surface area contributed by atoms with Crippen molar-refractivity contribution in [1.29, 1.82) is 0 Å². The Kier molecular flexibility index (Phi) is 4.51. The first-order chi connectivity index (χ1) is 9.33. The van der Waals surface area contributed by atoms with Crippen molar-refractivity contribution in [3.63, 3.8) is 0 Å². The van der Waals surface area contributed by atoms with Crippen LogP contribution in [-0.4, -0.2) is 25.5 Å². The van der Waals surface area contributed by atoms with E-state index >= 15 is 0 Å². The molecule has 5 nitrogen and oxygen atoms in total. The third kappa shape index (κ3) is 3.05. The number of hydrogen-bond donors (Lipinski definition) is 2. The first kappa shape index (κ1) is 15.5. The zero-order valence-electron chi connectivity index (χ0n) is 11.5. The summed E-state index contributed by atoms with van der Waals surface area (Å²) in [4.78, 5) is 10.9. The molecule has 1 aliphatic rings. The molecule has 7 heteroatoms. The predicted molar refractivity (Wildman–Crippen MR) is 77.8 cm³/mol. The summed E-state index contributed by atoms with van der Waals surface area (Å²) in [6, 6.07) is -0.163. The van der Waals surface area contributed by atoms with E-state index in [9.17, 15) is 13.2 Å². The number of hydrogen-bond acceptors (Lipinski definition) is 4. The maximum absolute atomic E-state index is 12.4. The number of sulfonamides is 1. The van der Waals surface area contributed by atoms with Crippen LogP contribution in [-0.2, 0) is 10.0 Å². The molecule has 1 fully saturated rings. The largest absolute Gasteiger partial charge is 0.477 e. The van der Waals surface area contributed by atoms with E-state index in [1.165, 1.54) is 0 Å². The van der Waals surface area contributed by atoms with E-state index in [1.807, 2.05) is 6.92 Å². The first-order valence-corrected chi connectivity index (χ1v) is 9.03. The molecule has 1 unspecified atom stereocenters. The number of aromatic carboxylic acids is 1. The first-order valence-electron chi connectivity index (χ1n) is 6.66. The Labute approximate surface area is 123 Å². The third-order valence-corrected chi connectivity index (χ3v) is 6.79. The van der Waals surface area contributed by atoms with E-state index in [-0.39, 0.29) is 15.8 Å². The molecule has 0 bridgehead atoms. The van der Waals surface area contributed by atoms with E-state index in [2.05, 4.69) is 4.72 Å². The number of thiophene rings is 1. The van der Waals surface area contributed by atoms with Crippen LogP contribution in [0.3, 0.4) is 0 Å². The number of carboxylic acids is 1. The maximum Gasteiger partial charge on any atom is 0.347 e. The second-order valence-corrected chi connectivity index (χ2v) is 7.87. The molecular formula is C13H19NO4S2. The number of carboxylic acid groups (broad SMARTS) is 1. The smallest absolute Gasteiger partial charge is 0.347 e. The lowest BCUT2D eigenvalue weighted by molar-refractivity contribution is 0.0698. The van der Waals surface area contributed by atoms with E-state index in [0.29, 0.717) is 11.5 Å². The van der Waals surface area contributed by atoms with Crippen LogP contribution in [0.2, 0.25) is 0 Å². The van der Waals surface area contributed by atoms with E-state index in [4.69, 9.17) is 5.11 Å². The van der Waals surface area contributed by atoms with Gasteiger partial charge in [0.1, 0.15) is 9.77 Å². The van der Waals surface area contributed by atoms with Crippen LogP contribution in [0.5, 0.6) is 0 Å². The molecule has 2 N–H and O–H groups in total. The quantitative estimate of drug-likeness (QED) is 0.874. The van der Waals surface area contributed by atoms with Gasteiger partial charge in [-0.05, 0) is 43.6 Å². The third-order valence-electron chi connectivity index (χ3n) is 3.83. The molecular weight excluding hydrogens is 298 g/mol. The monoisotopic (exact) mass is 317 g/mol. The van der Waals surface area contributed by atoms with E-state index < -0.39 is 16.0 Å². The van der Waals surface area contributed by atoms with Crippen LogP contribution < -0.4 is 4.72 Å². The number of nitrogens with one attached hydrogen (secondary N) is 1. The van der Waals surface area contributed by atoms with Gasteiger partial charge in [0.05, 0.1) is 0 Å². The van der Waals surface area contributed by atoms with Crippen molar-refractivity contribution in [3.8, 4) is 0 Å². The summed E-state index contributed by atoms with van der Waals surface area (Å²) in [5, 5.41) is 10.7. The molecule has 1 saturated carbocycles. The van der Waals surface area contributed by atoms with Crippen molar-refractivity contribution in [2.45, 2.75) is 50.5 Å². The van der Waals surface area contributed by atoms with Gasteiger partial charge in [0.25, 0.3) is 0 Å². The van der Waals surface area contributed by atoms with E-state index in [0.717, 1.165) is 37.0 Å². The molecule has 2 rings (SSSR count). The Hall–Kier alpha value is -0.920. The predicted octanol–water partition coefficient (Wildman–Crippen LogP) is 2.61. The summed E-state index contributed by atoms with van der Waals surface area (Å²) < 4.78 is 27.5. The summed E-state index contributed by atoms with van der Waals surface area (Å²) in [7, 11) is -3.78. The lowest BCUT2D eigenvalue weighted by Gasteiger charge is -2.20. The van der Waals surface area contributed by atoms with Crippen LogP contribution in [0, 0.1) is 12.8 Å². The average molecular weight is 317 g/mol. The van der Waals surface area contributed by atoms with Gasteiger partial charge in [-0.1, -0.05) is 12.8 Å². The molecule has 0 aliphatic heterocycles. The van der Waals surface area contributed by atoms with Crippen molar-refractivity contribution in [1.82, 2.24) is 4.72 Å². The molecule has 0 radical (unpaired) electrons. The minimum atomic E-state index is -3.78. The lowest BCUT2D eigenvalue weighted by Crippen LogP contribution is -2.37. The van der Waals surface area contributed by atoms with Gasteiger partial charge >= 0.3 is 5.97 Å². The average Bonchev–Trinajstić information content (AvgIpc) is 2.96. The fourth-order valence-corrected chi connectivity index (χ4v) is 5.72. The highest BCUT2D eigenvalue weighted by Gasteiger charge is 2.31. The Balaban J connectivity index is 2.26. The van der Waals surface area contributed by atoms with Gasteiger partial charge in [0.2, 0.25) is 10.0 Å². The molecule has 1 aliphatic carbocycles. The van der Waals surface area contributed by atoms with Crippen molar-refractivity contribution in [2.75, 3.05) is 0 Å². The summed E-state index contributed by atoms with van der Waals surface area (Å²) in [6.07, 6.45) is 4.32. The summed E-state index contributed by atoms with van der Waals surface area (Å²) in [5.41, 5.74) is 0.485. The molecule has 1 aromatic rings. The van der Waals surface area contributed by atoms with Crippen LogP contribution in [0.25, 0.3) is 0 Å². The number of carbonyl (C=O) groups is 1. The van der Waals surface area contributed by atoms with Crippen molar-refractivity contribution in [2.24, 2.45) is 5.92 Å². The molecule has 1 heterocycles. The fraction of sp³-hybridized carbons (Fsp3) is 0.615. The second-order valence-electron chi connectivity index (χ2n) is 5.34. The van der Waals surface area contributed by atoms with Crippen LogP contribution in [0.4, 0.5) is 0 Å². The standard InChI is InChI=1S/C13H19NO4S2/c1-8-7-19-11(13(15)16)12(8)20(17,18)14-9(2)10-5-3-4-6-10/h7,9-10,14H,3-6H2,1-2H3,(H,15,16). The Morgan fingerprint density at radius 3 is 2.60 bits per heavy atom. The number of rotatable bonds is 5. The highest BCUT2D eigenvalue weighted by molar-refractivity contribution is 7.89. The molecule has 112 valence electrons. The van der Waals surface area contributed by atoms with Crippen molar-refractivity contribution >= 4 is 27.3 Å². The number of aryl methyl sites for hydroxylation is 1. The van der Waals surface area contributed by atoms with Gasteiger partial charge in [-0.2, -0.15) is 0 Å². The van der Waals surface area contributed by atoms with Gasteiger partial charge in [-0.25, -0.2) is 17.9 Å². The van der Waals surface area contributed by atoms with Gasteiger partial charge in [0, 0.05) is 6.04 Å². The molecule has 20 heavy (non-hydrogen) atoms. The topological polar surface area (TPSA) is 83.5 Å². The summed E-state index contributed by atoms with van der Waals surface area (Å²) >= 11 is 0.952. The molecule has 0 saturated heterocycles. The SMILES string of the molecule is Cc1csc(C(=O)O)c1S(=O)(=O)NC(C)C1CCCC1. The minimum Gasteiger partial charge on any atom is -0.477 e. The van der Waals surface area contributed by atoms with Gasteiger partial charge in [-0.15, -0.1) is 11.3 Å². The Bertz CT molecular complexity index is 600. The Morgan fingerprint density at radius 1 is 1.45 bits per heavy atom. The minimum absolute atomic E-state index is 0.0835. The summed E-state index contributed by atoms with van der Waals surface area (Å²) in [5.74, 6) is -0.853. The van der Waals surface area contributed by atoms with Crippen LogP contribution in [0.1, 0.15) is 47.8 Å². The van der Waals surface area contributed by atoms with E-state index in [1.54, 1.807) is 12.3 Å². The normalized spacial score (nSPS) is 18.3. The second kappa shape index (κ2) is 5.83. The fourth-order valence-electron chi connectivity index (χ4n) is 2.77. The lowest BCUT2D eigenvalue weighted by atomic mass is 10.0. The van der Waals surface area contributed by atoms with Crippen LogP contribution in [0.15, 0.2) is 10.3 Å². The van der Waals surface area contributed by atoms with Gasteiger partial charge in [0.15, 0.2) is 0 Å². The van der Waals surface area contributed by atoms with Gasteiger partial charge in [-0.3, -0.25) is 0 Å². The highest BCUT2D eigenvalue weighted by atomic mass is 32.2.